The molecule has 0 spiro atoms. The van der Waals surface area contributed by atoms with Crippen LogP contribution in [-0.4, -0.2) is 41.3 Å². The molecule has 3 aromatic rings. The lowest BCUT2D eigenvalue weighted by Crippen LogP contribution is -2.33. The van der Waals surface area contributed by atoms with Gasteiger partial charge in [0.25, 0.3) is 0 Å². The van der Waals surface area contributed by atoms with Crippen molar-refractivity contribution in [2.24, 2.45) is 10.7 Å². The van der Waals surface area contributed by atoms with Gasteiger partial charge in [-0.2, -0.15) is 0 Å². The summed E-state index contributed by atoms with van der Waals surface area (Å²) in [4.78, 5) is 12.8. The molecule has 0 fully saturated rings. The lowest BCUT2D eigenvalue weighted by molar-refractivity contribution is 0.354. The molecule has 3 N–H and O–H groups in total. The number of hydrogen-bond acceptors (Lipinski definition) is 5. The number of aliphatic imine (C=N–C) groups is 1. The van der Waals surface area contributed by atoms with Gasteiger partial charge in [-0.1, -0.05) is 6.07 Å². The van der Waals surface area contributed by atoms with Gasteiger partial charge < -0.3 is 20.5 Å². The average molecular weight is 508 g/mol. The minimum atomic E-state index is 0. The van der Waals surface area contributed by atoms with Crippen molar-refractivity contribution in [3.63, 3.8) is 0 Å². The number of rotatable bonds is 8. The van der Waals surface area contributed by atoms with Gasteiger partial charge in [-0.05, 0) is 41.8 Å². The van der Waals surface area contributed by atoms with Gasteiger partial charge in [0, 0.05) is 25.1 Å². The molecule has 2 aromatic heterocycles. The molecule has 8 nitrogen and oxygen atoms in total. The Bertz CT molecular complexity index is 930. The zero-order valence-corrected chi connectivity index (χ0v) is 18.7. The Morgan fingerprint density at radius 2 is 1.93 bits per heavy atom. The molecular weight excluding hydrogens is 483 g/mol. The summed E-state index contributed by atoms with van der Waals surface area (Å²) in [6, 6.07) is 9.74. The monoisotopic (exact) mass is 508 g/mol. The van der Waals surface area contributed by atoms with Crippen molar-refractivity contribution in [3.05, 3.63) is 66.4 Å². The summed E-state index contributed by atoms with van der Waals surface area (Å²) in [5.74, 6) is 2.63. The van der Waals surface area contributed by atoms with Crippen molar-refractivity contribution in [3.8, 4) is 17.3 Å². The third-order valence-corrected chi connectivity index (χ3v) is 4.18. The molecule has 0 amide bonds. The van der Waals surface area contributed by atoms with Gasteiger partial charge in [0.05, 0.1) is 20.8 Å². The van der Waals surface area contributed by atoms with Crippen LogP contribution in [0.5, 0.6) is 11.5 Å². The van der Waals surface area contributed by atoms with Crippen LogP contribution in [0.1, 0.15) is 11.1 Å². The molecule has 0 saturated carbocycles. The molecule has 2 heterocycles. The van der Waals surface area contributed by atoms with Gasteiger partial charge >= 0.3 is 0 Å². The molecule has 9 heteroatoms. The number of pyridine rings is 1. The van der Waals surface area contributed by atoms with Crippen LogP contribution in [0, 0.1) is 0 Å². The molecule has 0 unspecified atom stereocenters. The smallest absolute Gasteiger partial charge is 0.188 e. The van der Waals surface area contributed by atoms with E-state index in [-0.39, 0.29) is 24.0 Å². The van der Waals surface area contributed by atoms with E-state index in [1.54, 1.807) is 32.9 Å². The lowest BCUT2D eigenvalue weighted by Gasteiger charge is -2.10. The minimum absolute atomic E-state index is 0. The maximum absolute atomic E-state index is 5.98. The number of aromatic nitrogens is 3. The highest BCUT2D eigenvalue weighted by Gasteiger charge is 2.04. The van der Waals surface area contributed by atoms with Gasteiger partial charge in [-0.3, -0.25) is 4.57 Å². The first kappa shape index (κ1) is 22.5. The fourth-order valence-electron chi connectivity index (χ4n) is 2.70. The summed E-state index contributed by atoms with van der Waals surface area (Å²) in [6.45, 7) is 1.14. The highest BCUT2D eigenvalue weighted by Crippen LogP contribution is 2.27. The molecule has 0 aliphatic rings. The van der Waals surface area contributed by atoms with Crippen molar-refractivity contribution in [2.75, 3.05) is 20.8 Å². The second kappa shape index (κ2) is 11.2. The third-order valence-electron chi connectivity index (χ3n) is 4.18. The number of guanidine groups is 1. The maximum atomic E-state index is 5.98. The molecule has 0 saturated heterocycles. The predicted octanol–water partition coefficient (Wildman–Crippen LogP) is 2.55. The Kier molecular flexibility index (Phi) is 8.71. The molecule has 0 atom stereocenters. The number of methoxy groups -OCH3 is 2. The highest BCUT2D eigenvalue weighted by atomic mass is 127. The van der Waals surface area contributed by atoms with Crippen LogP contribution in [0.4, 0.5) is 0 Å². The Morgan fingerprint density at radius 3 is 2.66 bits per heavy atom. The van der Waals surface area contributed by atoms with Crippen molar-refractivity contribution < 1.29 is 9.47 Å². The van der Waals surface area contributed by atoms with E-state index in [0.717, 1.165) is 23.4 Å². The summed E-state index contributed by atoms with van der Waals surface area (Å²) < 4.78 is 12.4. The first-order valence-corrected chi connectivity index (χ1v) is 8.87. The molecule has 29 heavy (non-hydrogen) atoms. The number of halogens is 1. The quantitative estimate of drug-likeness (QED) is 0.276. The van der Waals surface area contributed by atoms with E-state index in [2.05, 4.69) is 20.3 Å². The summed E-state index contributed by atoms with van der Waals surface area (Å²) in [5.41, 5.74) is 8.12. The third kappa shape index (κ3) is 6.34. The number of nitrogens with two attached hydrogens (primary N) is 1. The van der Waals surface area contributed by atoms with Crippen LogP contribution >= 0.6 is 24.0 Å². The van der Waals surface area contributed by atoms with E-state index in [1.165, 1.54) is 0 Å². The Balaban J connectivity index is 0.00000300. The number of hydrogen-bond donors (Lipinski definition) is 2. The minimum Gasteiger partial charge on any atom is -0.493 e. The van der Waals surface area contributed by atoms with Gasteiger partial charge in [-0.15, -0.1) is 24.0 Å². The molecule has 154 valence electrons. The van der Waals surface area contributed by atoms with E-state index >= 15 is 0 Å². The van der Waals surface area contributed by atoms with Gasteiger partial charge in [0.2, 0.25) is 0 Å². The van der Waals surface area contributed by atoms with Gasteiger partial charge in [0.1, 0.15) is 12.1 Å². The number of benzene rings is 1. The van der Waals surface area contributed by atoms with Gasteiger partial charge in [-0.25, -0.2) is 15.0 Å². The second-order valence-electron chi connectivity index (χ2n) is 6.06. The van der Waals surface area contributed by atoms with Gasteiger partial charge in [0.15, 0.2) is 17.5 Å². The average Bonchev–Trinajstić information content (AvgIpc) is 3.27. The Morgan fingerprint density at radius 1 is 1.10 bits per heavy atom. The van der Waals surface area contributed by atoms with Crippen molar-refractivity contribution in [2.45, 2.75) is 13.0 Å². The number of nitrogens with one attached hydrogen (secondary N) is 1. The fourth-order valence-corrected chi connectivity index (χ4v) is 2.70. The summed E-state index contributed by atoms with van der Waals surface area (Å²) in [5, 5.41) is 3.13. The highest BCUT2D eigenvalue weighted by molar-refractivity contribution is 14.0. The first-order valence-electron chi connectivity index (χ1n) is 8.87. The van der Waals surface area contributed by atoms with E-state index in [0.29, 0.717) is 30.5 Å². The van der Waals surface area contributed by atoms with Crippen LogP contribution in [0.15, 0.2) is 60.2 Å². The second-order valence-corrected chi connectivity index (χ2v) is 6.06. The number of ether oxygens (including phenoxy) is 2. The molecule has 0 bridgehead atoms. The number of nitrogens with zero attached hydrogens (tertiary/aromatic N) is 4. The van der Waals surface area contributed by atoms with Crippen LogP contribution < -0.4 is 20.5 Å². The zero-order chi connectivity index (χ0) is 19.8. The van der Waals surface area contributed by atoms with Crippen LogP contribution in [0.3, 0.4) is 0 Å². The van der Waals surface area contributed by atoms with E-state index in [9.17, 15) is 0 Å². The largest absolute Gasteiger partial charge is 0.493 e. The molecule has 3 rings (SSSR count). The fraction of sp³-hybridized carbons (Fsp3) is 0.250. The predicted molar refractivity (Wildman–Crippen MR) is 123 cm³/mol. The topological polar surface area (TPSA) is 99.6 Å². The SMILES string of the molecule is COc1ccc(CCNC(N)=NCc2ccnc(-n3ccnc3)c2)cc1OC.I. The Labute approximate surface area is 187 Å². The van der Waals surface area contributed by atoms with Crippen molar-refractivity contribution in [1.82, 2.24) is 19.9 Å². The zero-order valence-electron chi connectivity index (χ0n) is 16.4. The van der Waals surface area contributed by atoms with Crippen LogP contribution in [0.25, 0.3) is 5.82 Å². The summed E-state index contributed by atoms with van der Waals surface area (Å²) in [7, 11) is 3.25. The Hall–Kier alpha value is -2.82. The molecule has 0 radical (unpaired) electrons. The molecule has 0 aliphatic heterocycles. The normalized spacial score (nSPS) is 10.9. The summed E-state index contributed by atoms with van der Waals surface area (Å²) >= 11 is 0. The van der Waals surface area contributed by atoms with Crippen molar-refractivity contribution >= 4 is 29.9 Å². The van der Waals surface area contributed by atoms with Crippen LogP contribution in [0.2, 0.25) is 0 Å². The number of imidazole rings is 1. The maximum Gasteiger partial charge on any atom is 0.188 e. The molecular formula is C20H25IN6O2. The lowest BCUT2D eigenvalue weighted by atomic mass is 10.1. The molecule has 1 aromatic carbocycles. The first-order chi connectivity index (χ1) is 13.7. The van der Waals surface area contributed by atoms with E-state index < -0.39 is 0 Å². The summed E-state index contributed by atoms with van der Waals surface area (Å²) in [6.07, 6.45) is 7.81. The van der Waals surface area contributed by atoms with Crippen LogP contribution in [-0.2, 0) is 13.0 Å². The molecule has 0 aliphatic carbocycles. The van der Waals surface area contributed by atoms with E-state index in [4.69, 9.17) is 15.2 Å². The van der Waals surface area contributed by atoms with E-state index in [1.807, 2.05) is 41.1 Å². The standard InChI is InChI=1S/C20H24N6O2.HI/c1-27-17-4-3-15(11-18(17)28-2)5-8-24-20(21)25-13-16-6-7-23-19(12-16)26-10-9-22-14-26;/h3-4,6-7,9-12,14H,5,8,13H2,1-2H3,(H3,21,24,25);1H. The van der Waals surface area contributed by atoms with Crippen molar-refractivity contribution in [1.29, 1.82) is 0 Å².